The summed E-state index contributed by atoms with van der Waals surface area (Å²) in [5, 5.41) is 12.4. The second kappa shape index (κ2) is 5.81. The molecule has 0 atom stereocenters. The van der Waals surface area contributed by atoms with Gasteiger partial charge in [0.05, 0.1) is 22.2 Å². The molecule has 0 bridgehead atoms. The third-order valence-corrected chi connectivity index (χ3v) is 4.41. The fraction of sp³-hybridized carbons (Fsp3) is 0.118. The highest BCUT2D eigenvalue weighted by atomic mass is 32.1. The standard InChI is InChI=1S/C17H12O5S/c1-9-7-15(20)22-13-5-4-10(17(21)16(9)13)11(18)8-12(19)14-3-2-6-23-14/h2-7,21H,8H2,1H3. The summed E-state index contributed by atoms with van der Waals surface area (Å²) in [5.74, 6) is -1.04. The van der Waals surface area contributed by atoms with E-state index in [-0.39, 0.29) is 29.1 Å². The lowest BCUT2D eigenvalue weighted by Gasteiger charge is -2.08. The summed E-state index contributed by atoms with van der Waals surface area (Å²) < 4.78 is 5.01. The van der Waals surface area contributed by atoms with E-state index in [9.17, 15) is 19.5 Å². The van der Waals surface area contributed by atoms with Crippen LogP contribution in [0, 0.1) is 6.92 Å². The van der Waals surface area contributed by atoms with Crippen LogP contribution in [0.3, 0.4) is 0 Å². The quantitative estimate of drug-likeness (QED) is 0.451. The van der Waals surface area contributed by atoms with Crippen LogP contribution in [0.4, 0.5) is 0 Å². The summed E-state index contributed by atoms with van der Waals surface area (Å²) in [6.45, 7) is 1.64. The zero-order valence-corrected chi connectivity index (χ0v) is 13.0. The molecule has 1 aromatic carbocycles. The molecule has 2 heterocycles. The van der Waals surface area contributed by atoms with Gasteiger partial charge in [-0.15, -0.1) is 11.3 Å². The maximum absolute atomic E-state index is 12.3. The van der Waals surface area contributed by atoms with E-state index in [1.54, 1.807) is 24.4 Å². The van der Waals surface area contributed by atoms with Gasteiger partial charge in [-0.2, -0.15) is 0 Å². The van der Waals surface area contributed by atoms with Crippen molar-refractivity contribution in [3.8, 4) is 5.75 Å². The molecule has 0 aliphatic carbocycles. The van der Waals surface area contributed by atoms with E-state index in [0.717, 1.165) is 0 Å². The number of thiophene rings is 1. The molecule has 0 aliphatic rings. The fourth-order valence-electron chi connectivity index (χ4n) is 2.42. The maximum Gasteiger partial charge on any atom is 0.336 e. The molecule has 0 saturated heterocycles. The van der Waals surface area contributed by atoms with Crippen molar-refractivity contribution < 1.29 is 19.1 Å². The first-order valence-corrected chi connectivity index (χ1v) is 7.71. The average molecular weight is 328 g/mol. The number of benzene rings is 1. The Morgan fingerprint density at radius 1 is 1.22 bits per heavy atom. The molecule has 0 unspecified atom stereocenters. The highest BCUT2D eigenvalue weighted by molar-refractivity contribution is 7.12. The molecule has 3 aromatic rings. The first-order valence-electron chi connectivity index (χ1n) is 6.83. The molecule has 0 radical (unpaired) electrons. The number of carbonyl (C=O) groups excluding carboxylic acids is 2. The van der Waals surface area contributed by atoms with Crippen LogP contribution in [-0.2, 0) is 0 Å². The number of hydrogen-bond acceptors (Lipinski definition) is 6. The normalized spacial score (nSPS) is 10.8. The van der Waals surface area contributed by atoms with Crippen LogP contribution in [0.15, 0.2) is 44.9 Å². The van der Waals surface area contributed by atoms with E-state index >= 15 is 0 Å². The fourth-order valence-corrected chi connectivity index (χ4v) is 3.08. The van der Waals surface area contributed by atoms with Crippen molar-refractivity contribution >= 4 is 33.9 Å². The van der Waals surface area contributed by atoms with Crippen LogP contribution in [0.2, 0.25) is 0 Å². The SMILES string of the molecule is Cc1cc(=O)oc2ccc(C(=O)CC(=O)c3cccs3)c(O)c12. The molecule has 23 heavy (non-hydrogen) atoms. The number of Topliss-reactive ketones (excluding diaryl/α,β-unsaturated/α-hetero) is 2. The molecule has 2 aromatic heterocycles. The Morgan fingerprint density at radius 3 is 2.70 bits per heavy atom. The first kappa shape index (κ1) is 15.2. The number of phenolic OH excluding ortho intramolecular Hbond substituents is 1. The Morgan fingerprint density at radius 2 is 2.00 bits per heavy atom. The van der Waals surface area contributed by atoms with Gasteiger partial charge in [-0.05, 0) is 36.1 Å². The van der Waals surface area contributed by atoms with Gasteiger partial charge in [0, 0.05) is 6.07 Å². The number of hydrogen-bond donors (Lipinski definition) is 1. The third-order valence-electron chi connectivity index (χ3n) is 3.50. The van der Waals surface area contributed by atoms with Crippen LogP contribution in [0.25, 0.3) is 11.0 Å². The predicted molar refractivity (Wildman–Crippen MR) is 86.5 cm³/mol. The van der Waals surface area contributed by atoms with Gasteiger partial charge in [0.2, 0.25) is 0 Å². The summed E-state index contributed by atoms with van der Waals surface area (Å²) in [4.78, 5) is 36.2. The van der Waals surface area contributed by atoms with Crippen molar-refractivity contribution in [2.24, 2.45) is 0 Å². The van der Waals surface area contributed by atoms with Crippen LogP contribution < -0.4 is 5.63 Å². The smallest absolute Gasteiger partial charge is 0.336 e. The lowest BCUT2D eigenvalue weighted by molar-refractivity contribution is 0.0895. The van der Waals surface area contributed by atoms with Gasteiger partial charge in [-0.25, -0.2) is 4.79 Å². The van der Waals surface area contributed by atoms with E-state index in [4.69, 9.17) is 4.42 Å². The van der Waals surface area contributed by atoms with Gasteiger partial charge in [0.1, 0.15) is 11.3 Å². The number of phenols is 1. The second-order valence-electron chi connectivity index (χ2n) is 5.08. The van der Waals surface area contributed by atoms with Gasteiger partial charge in [-0.1, -0.05) is 6.07 Å². The lowest BCUT2D eigenvalue weighted by atomic mass is 10.00. The first-order chi connectivity index (χ1) is 11.0. The number of ketones is 2. The number of carbonyl (C=O) groups is 2. The van der Waals surface area contributed by atoms with Crippen molar-refractivity contribution in [2.75, 3.05) is 0 Å². The van der Waals surface area contributed by atoms with Crippen LogP contribution >= 0.6 is 11.3 Å². The molecule has 0 aliphatic heterocycles. The van der Waals surface area contributed by atoms with Gasteiger partial charge in [0.15, 0.2) is 11.6 Å². The van der Waals surface area contributed by atoms with Crippen molar-refractivity contribution in [2.45, 2.75) is 13.3 Å². The molecule has 0 saturated carbocycles. The number of aryl methyl sites for hydroxylation is 1. The summed E-state index contributed by atoms with van der Waals surface area (Å²) in [6, 6.07) is 7.45. The molecule has 5 nitrogen and oxygen atoms in total. The Kier molecular flexibility index (Phi) is 3.83. The highest BCUT2D eigenvalue weighted by Crippen LogP contribution is 2.31. The molecule has 116 valence electrons. The molecule has 0 fully saturated rings. The van der Waals surface area contributed by atoms with Crippen molar-refractivity contribution in [1.29, 1.82) is 0 Å². The van der Waals surface area contributed by atoms with Gasteiger partial charge < -0.3 is 9.52 Å². The lowest BCUT2D eigenvalue weighted by Crippen LogP contribution is -2.08. The maximum atomic E-state index is 12.3. The largest absolute Gasteiger partial charge is 0.506 e. The van der Waals surface area contributed by atoms with E-state index < -0.39 is 11.4 Å². The summed E-state index contributed by atoms with van der Waals surface area (Å²) in [5.41, 5.74) is 0.224. The van der Waals surface area contributed by atoms with Gasteiger partial charge in [-0.3, -0.25) is 9.59 Å². The molecule has 0 amide bonds. The van der Waals surface area contributed by atoms with Crippen LogP contribution in [-0.4, -0.2) is 16.7 Å². The third kappa shape index (κ3) is 2.80. The topological polar surface area (TPSA) is 84.6 Å². The number of fused-ring (bicyclic) bond motifs is 1. The predicted octanol–water partition coefficient (Wildman–Crippen LogP) is 3.32. The van der Waals surface area contributed by atoms with Crippen molar-refractivity contribution in [3.63, 3.8) is 0 Å². The minimum atomic E-state index is -0.527. The van der Waals surface area contributed by atoms with Crippen LogP contribution in [0.1, 0.15) is 32.0 Å². The van der Waals surface area contributed by atoms with E-state index in [1.165, 1.54) is 29.5 Å². The minimum Gasteiger partial charge on any atom is -0.506 e. The van der Waals surface area contributed by atoms with Crippen LogP contribution in [0.5, 0.6) is 5.75 Å². The Labute approximate surface area is 134 Å². The summed E-state index contributed by atoms with van der Waals surface area (Å²) in [7, 11) is 0. The molecular formula is C17H12O5S. The Balaban J connectivity index is 2.00. The molecular weight excluding hydrogens is 316 g/mol. The van der Waals surface area contributed by atoms with Crippen molar-refractivity contribution in [3.05, 3.63) is 62.1 Å². The molecule has 3 rings (SSSR count). The Hall–Kier alpha value is -2.73. The molecule has 1 N–H and O–H groups in total. The molecule has 6 heteroatoms. The minimum absolute atomic E-state index is 0.0411. The Bertz CT molecular complexity index is 967. The average Bonchev–Trinajstić information content (AvgIpc) is 3.00. The zero-order valence-electron chi connectivity index (χ0n) is 12.2. The summed E-state index contributed by atoms with van der Waals surface area (Å²) in [6.07, 6.45) is -0.324. The number of rotatable bonds is 4. The van der Waals surface area contributed by atoms with E-state index in [2.05, 4.69) is 0 Å². The van der Waals surface area contributed by atoms with Gasteiger partial charge in [0.25, 0.3) is 0 Å². The van der Waals surface area contributed by atoms with Crippen molar-refractivity contribution in [1.82, 2.24) is 0 Å². The monoisotopic (exact) mass is 328 g/mol. The zero-order chi connectivity index (χ0) is 16.6. The number of aromatic hydroxyl groups is 1. The highest BCUT2D eigenvalue weighted by Gasteiger charge is 2.20. The molecule has 0 spiro atoms. The van der Waals surface area contributed by atoms with Gasteiger partial charge >= 0.3 is 5.63 Å². The van der Waals surface area contributed by atoms with E-state index in [0.29, 0.717) is 15.8 Å². The second-order valence-corrected chi connectivity index (χ2v) is 6.03. The summed E-state index contributed by atoms with van der Waals surface area (Å²) >= 11 is 1.27. The van der Waals surface area contributed by atoms with E-state index in [1.807, 2.05) is 0 Å².